The summed E-state index contributed by atoms with van der Waals surface area (Å²) in [4.78, 5) is 17.6. The van der Waals surface area contributed by atoms with E-state index < -0.39 is 0 Å². The van der Waals surface area contributed by atoms with Gasteiger partial charge in [-0.2, -0.15) is 5.10 Å². The molecule has 0 saturated carbocycles. The van der Waals surface area contributed by atoms with E-state index in [1.165, 1.54) is 12.1 Å². The summed E-state index contributed by atoms with van der Waals surface area (Å²) >= 11 is 0. The van der Waals surface area contributed by atoms with Gasteiger partial charge in [-0.3, -0.25) is 14.8 Å². The first-order valence-corrected chi connectivity index (χ1v) is 9.43. The van der Waals surface area contributed by atoms with Crippen LogP contribution in [0.5, 0.6) is 0 Å². The highest BCUT2D eigenvalue weighted by molar-refractivity contribution is 6.06. The van der Waals surface area contributed by atoms with Crippen molar-refractivity contribution >= 4 is 16.8 Å². The number of nitrogens with zero attached hydrogens (tertiary/aromatic N) is 3. The van der Waals surface area contributed by atoms with Gasteiger partial charge in [0.2, 0.25) is 0 Å². The summed E-state index contributed by atoms with van der Waals surface area (Å²) in [6, 6.07) is 13.0. The Morgan fingerprint density at radius 3 is 2.78 bits per heavy atom. The van der Waals surface area contributed by atoms with Gasteiger partial charge < -0.3 is 4.90 Å². The smallest absolute Gasteiger partial charge is 0.275 e. The molecule has 5 rings (SSSR count). The number of carbonyl (C=O) groups is 1. The van der Waals surface area contributed by atoms with Crippen LogP contribution < -0.4 is 0 Å². The molecule has 2 saturated heterocycles. The lowest BCUT2D eigenvalue weighted by atomic mass is 10.0. The maximum atomic E-state index is 13.6. The first-order chi connectivity index (χ1) is 13.1. The van der Waals surface area contributed by atoms with Crippen molar-refractivity contribution in [3.8, 4) is 11.1 Å². The number of aromatic nitrogens is 2. The van der Waals surface area contributed by atoms with E-state index >= 15 is 0 Å². The molecule has 1 N–H and O–H groups in total. The van der Waals surface area contributed by atoms with E-state index in [1.807, 2.05) is 29.2 Å². The molecule has 2 unspecified atom stereocenters. The average Bonchev–Trinajstić information content (AvgIpc) is 3.40. The fourth-order valence-corrected chi connectivity index (χ4v) is 4.55. The van der Waals surface area contributed by atoms with Crippen LogP contribution in [0.25, 0.3) is 22.0 Å². The maximum Gasteiger partial charge on any atom is 0.275 e. The van der Waals surface area contributed by atoms with E-state index in [4.69, 9.17) is 0 Å². The minimum absolute atomic E-state index is 0.0131. The number of likely N-dealkylation sites (tertiary alicyclic amines) is 2. The number of hydrogen-bond donors (Lipinski definition) is 1. The molecule has 2 aliphatic rings. The minimum atomic E-state index is -0.273. The summed E-state index contributed by atoms with van der Waals surface area (Å²) in [5, 5.41) is 8.06. The van der Waals surface area contributed by atoms with Crippen LogP contribution >= 0.6 is 0 Å². The molecule has 138 valence electrons. The van der Waals surface area contributed by atoms with E-state index in [0.717, 1.165) is 48.1 Å². The number of fused-ring (bicyclic) bond motifs is 3. The van der Waals surface area contributed by atoms with Crippen LogP contribution in [0.15, 0.2) is 42.5 Å². The van der Waals surface area contributed by atoms with Crippen LogP contribution in [-0.4, -0.2) is 57.6 Å². The standard InChI is InChI=1S/C21H21FN4O/c1-2-25-11-17-10-16(25)12-26(17)21(27)20-18-9-14(6-7-19(18)23-24-20)13-4-3-5-15(22)8-13/h3-9,16-17H,2,10-12H2,1H3,(H,23,24). The summed E-state index contributed by atoms with van der Waals surface area (Å²) in [5.74, 6) is -0.287. The zero-order chi connectivity index (χ0) is 18.5. The highest BCUT2D eigenvalue weighted by Gasteiger charge is 2.45. The minimum Gasteiger partial charge on any atom is -0.331 e. The average molecular weight is 364 g/mol. The molecule has 2 aromatic carbocycles. The fraction of sp³-hybridized carbons (Fsp3) is 0.333. The number of halogens is 1. The summed E-state index contributed by atoms with van der Waals surface area (Å²) < 4.78 is 13.6. The molecule has 0 radical (unpaired) electrons. The molecule has 0 spiro atoms. The lowest BCUT2D eigenvalue weighted by Crippen LogP contribution is -2.48. The Bertz CT molecular complexity index is 1030. The number of H-pyrrole nitrogens is 1. The predicted octanol–water partition coefficient (Wildman–Crippen LogP) is 3.29. The Balaban J connectivity index is 1.49. The third kappa shape index (κ3) is 2.63. The number of piperazine rings is 1. The quantitative estimate of drug-likeness (QED) is 0.776. The highest BCUT2D eigenvalue weighted by Crippen LogP contribution is 2.33. The number of aromatic amines is 1. The molecule has 2 aliphatic heterocycles. The Kier molecular flexibility index (Phi) is 3.75. The lowest BCUT2D eigenvalue weighted by molar-refractivity contribution is 0.0626. The number of rotatable bonds is 3. The second-order valence-electron chi connectivity index (χ2n) is 7.43. The van der Waals surface area contributed by atoms with E-state index in [2.05, 4.69) is 22.0 Å². The molecule has 2 fully saturated rings. The number of carbonyl (C=O) groups excluding carboxylic acids is 1. The third-order valence-electron chi connectivity index (χ3n) is 5.94. The maximum absolute atomic E-state index is 13.6. The molecule has 2 bridgehead atoms. The largest absolute Gasteiger partial charge is 0.331 e. The second kappa shape index (κ2) is 6.16. The van der Waals surface area contributed by atoms with Crippen LogP contribution in [0.1, 0.15) is 23.8 Å². The van der Waals surface area contributed by atoms with Crippen molar-refractivity contribution < 1.29 is 9.18 Å². The Labute approximate surface area is 156 Å². The van der Waals surface area contributed by atoms with E-state index in [9.17, 15) is 9.18 Å². The monoisotopic (exact) mass is 364 g/mol. The SMILES string of the molecule is CCN1CC2CC1CN2C(=O)c1n[nH]c2ccc(-c3cccc(F)c3)cc12. The Hall–Kier alpha value is -2.73. The zero-order valence-electron chi connectivity index (χ0n) is 15.2. The molecule has 3 heterocycles. The van der Waals surface area contributed by atoms with E-state index in [0.29, 0.717) is 11.7 Å². The zero-order valence-corrected chi connectivity index (χ0v) is 15.2. The van der Waals surface area contributed by atoms with Gasteiger partial charge in [-0.15, -0.1) is 0 Å². The fourth-order valence-electron chi connectivity index (χ4n) is 4.55. The van der Waals surface area contributed by atoms with Gasteiger partial charge in [-0.05, 0) is 48.4 Å². The van der Waals surface area contributed by atoms with Crippen molar-refractivity contribution in [2.75, 3.05) is 19.6 Å². The van der Waals surface area contributed by atoms with Gasteiger partial charge in [0.1, 0.15) is 5.82 Å². The Morgan fingerprint density at radius 2 is 2.04 bits per heavy atom. The molecule has 0 aliphatic carbocycles. The second-order valence-corrected chi connectivity index (χ2v) is 7.43. The van der Waals surface area contributed by atoms with Crippen LogP contribution in [0.4, 0.5) is 4.39 Å². The molecule has 1 amide bonds. The molecule has 3 aromatic rings. The van der Waals surface area contributed by atoms with Gasteiger partial charge in [0.05, 0.1) is 5.52 Å². The van der Waals surface area contributed by atoms with Crippen LogP contribution in [0, 0.1) is 5.82 Å². The molecular formula is C21H21FN4O. The van der Waals surface area contributed by atoms with Crippen LogP contribution in [0.2, 0.25) is 0 Å². The highest BCUT2D eigenvalue weighted by atomic mass is 19.1. The molecule has 27 heavy (non-hydrogen) atoms. The third-order valence-corrected chi connectivity index (χ3v) is 5.94. The van der Waals surface area contributed by atoms with Crippen molar-refractivity contribution in [3.05, 3.63) is 54.0 Å². The number of nitrogens with one attached hydrogen (secondary N) is 1. The van der Waals surface area contributed by atoms with Gasteiger partial charge in [0.25, 0.3) is 5.91 Å². The van der Waals surface area contributed by atoms with Crippen molar-refractivity contribution in [3.63, 3.8) is 0 Å². The normalized spacial score (nSPS) is 22.1. The topological polar surface area (TPSA) is 52.2 Å². The molecule has 5 nitrogen and oxygen atoms in total. The van der Waals surface area contributed by atoms with E-state index in [-0.39, 0.29) is 17.8 Å². The van der Waals surface area contributed by atoms with Gasteiger partial charge in [-0.25, -0.2) is 4.39 Å². The van der Waals surface area contributed by atoms with Crippen molar-refractivity contribution in [2.24, 2.45) is 0 Å². The molecule has 1 aromatic heterocycles. The summed E-state index contributed by atoms with van der Waals surface area (Å²) in [6.07, 6.45) is 1.05. The summed E-state index contributed by atoms with van der Waals surface area (Å²) in [7, 11) is 0. The predicted molar refractivity (Wildman–Crippen MR) is 102 cm³/mol. The van der Waals surface area contributed by atoms with Crippen LogP contribution in [-0.2, 0) is 0 Å². The van der Waals surface area contributed by atoms with Gasteiger partial charge in [0.15, 0.2) is 5.69 Å². The van der Waals surface area contributed by atoms with Gasteiger partial charge >= 0.3 is 0 Å². The van der Waals surface area contributed by atoms with Crippen molar-refractivity contribution in [1.82, 2.24) is 20.0 Å². The van der Waals surface area contributed by atoms with Crippen LogP contribution in [0.3, 0.4) is 0 Å². The summed E-state index contributed by atoms with van der Waals surface area (Å²) in [5.41, 5.74) is 2.93. The molecule has 2 atom stereocenters. The Morgan fingerprint density at radius 1 is 1.19 bits per heavy atom. The summed E-state index contributed by atoms with van der Waals surface area (Å²) in [6.45, 7) is 4.92. The first kappa shape index (κ1) is 16.4. The van der Waals surface area contributed by atoms with Crippen molar-refractivity contribution in [1.29, 1.82) is 0 Å². The first-order valence-electron chi connectivity index (χ1n) is 9.43. The van der Waals surface area contributed by atoms with Gasteiger partial charge in [0, 0.05) is 30.6 Å². The van der Waals surface area contributed by atoms with E-state index in [1.54, 1.807) is 6.07 Å². The number of likely N-dealkylation sites (N-methyl/N-ethyl adjacent to an activating group) is 1. The lowest BCUT2D eigenvalue weighted by Gasteiger charge is -2.33. The molecule has 6 heteroatoms. The number of amides is 1. The number of benzene rings is 2. The van der Waals surface area contributed by atoms with Crippen molar-refractivity contribution in [2.45, 2.75) is 25.4 Å². The number of hydrogen-bond acceptors (Lipinski definition) is 3. The van der Waals surface area contributed by atoms with Gasteiger partial charge in [-0.1, -0.05) is 25.1 Å². The molecular weight excluding hydrogens is 343 g/mol.